The minimum Gasteiger partial charge on any atom is -0.480 e. The zero-order valence-corrected chi connectivity index (χ0v) is 10.5. The van der Waals surface area contributed by atoms with Gasteiger partial charge in [0.25, 0.3) is 0 Å². The van der Waals surface area contributed by atoms with Crippen molar-refractivity contribution in [2.75, 3.05) is 18.0 Å². The van der Waals surface area contributed by atoms with Gasteiger partial charge in [0.05, 0.1) is 12.2 Å². The summed E-state index contributed by atoms with van der Waals surface area (Å²) in [5.74, 6) is -1.30. The Morgan fingerprint density at radius 1 is 1.47 bits per heavy atom. The number of piperazine rings is 1. The molecule has 0 aromatic heterocycles. The lowest BCUT2D eigenvalue weighted by Gasteiger charge is -2.33. The van der Waals surface area contributed by atoms with Crippen LogP contribution < -0.4 is 10.2 Å². The van der Waals surface area contributed by atoms with Gasteiger partial charge in [-0.1, -0.05) is 12.1 Å². The van der Waals surface area contributed by atoms with Gasteiger partial charge in [-0.25, -0.2) is 4.79 Å². The molecule has 1 aliphatic rings. The van der Waals surface area contributed by atoms with Gasteiger partial charge in [0.2, 0.25) is 5.91 Å². The third-order valence-corrected chi connectivity index (χ3v) is 3.23. The molecule has 0 spiro atoms. The molecular weight excluding hydrogens is 288 g/mol. The fourth-order valence-electron chi connectivity index (χ4n) is 1.78. The molecule has 2 N–H and O–H groups in total. The predicted molar refractivity (Wildman–Crippen MR) is 65.9 cm³/mol. The van der Waals surface area contributed by atoms with Crippen LogP contribution in [0.5, 0.6) is 0 Å². The Kier molecular flexibility index (Phi) is 3.33. The van der Waals surface area contributed by atoms with Crippen molar-refractivity contribution in [3.8, 4) is 0 Å². The highest BCUT2D eigenvalue weighted by Crippen LogP contribution is 2.26. The minimum atomic E-state index is -1.02. The zero-order valence-electron chi connectivity index (χ0n) is 8.89. The van der Waals surface area contributed by atoms with E-state index in [1.54, 1.807) is 4.90 Å². The van der Waals surface area contributed by atoms with E-state index in [4.69, 9.17) is 5.11 Å². The van der Waals surface area contributed by atoms with Crippen LogP contribution in [0.15, 0.2) is 28.7 Å². The first kappa shape index (κ1) is 11.9. The number of carboxylic acids is 1. The van der Waals surface area contributed by atoms with Gasteiger partial charge in [0, 0.05) is 11.0 Å². The van der Waals surface area contributed by atoms with Gasteiger partial charge in [-0.05, 0) is 28.1 Å². The summed E-state index contributed by atoms with van der Waals surface area (Å²) in [6, 6.07) is 6.57. The summed E-state index contributed by atoms with van der Waals surface area (Å²) < 4.78 is 0.846. The minimum absolute atomic E-state index is 0.173. The van der Waals surface area contributed by atoms with E-state index in [-0.39, 0.29) is 19.0 Å². The summed E-state index contributed by atoms with van der Waals surface area (Å²) in [6.07, 6.45) is 0. The van der Waals surface area contributed by atoms with Crippen LogP contribution in [0.2, 0.25) is 0 Å². The number of halogens is 1. The van der Waals surface area contributed by atoms with Crippen LogP contribution in [0, 0.1) is 0 Å². The van der Waals surface area contributed by atoms with Crippen molar-refractivity contribution in [2.24, 2.45) is 0 Å². The summed E-state index contributed by atoms with van der Waals surface area (Å²) in [5.41, 5.74) is 0.827. The van der Waals surface area contributed by atoms with E-state index in [1.165, 1.54) is 0 Å². The number of nitrogens with zero attached hydrogens (tertiary/aromatic N) is 1. The maximum absolute atomic E-state index is 11.4. The molecule has 1 amide bonds. The molecule has 17 heavy (non-hydrogen) atoms. The van der Waals surface area contributed by atoms with Crippen LogP contribution in [0.3, 0.4) is 0 Å². The Morgan fingerprint density at radius 3 is 2.82 bits per heavy atom. The average molecular weight is 299 g/mol. The number of carboxylic acid groups (broad SMARTS) is 1. The molecule has 1 saturated heterocycles. The molecule has 1 fully saturated rings. The van der Waals surface area contributed by atoms with Gasteiger partial charge in [0.15, 0.2) is 0 Å². The lowest BCUT2D eigenvalue weighted by atomic mass is 10.2. The van der Waals surface area contributed by atoms with Gasteiger partial charge in [0.1, 0.15) is 6.04 Å². The lowest BCUT2D eigenvalue weighted by molar-refractivity contribution is -0.142. The van der Waals surface area contributed by atoms with E-state index in [2.05, 4.69) is 21.2 Å². The molecule has 1 heterocycles. The van der Waals surface area contributed by atoms with Crippen LogP contribution in [-0.4, -0.2) is 36.1 Å². The van der Waals surface area contributed by atoms with Gasteiger partial charge >= 0.3 is 5.97 Å². The van der Waals surface area contributed by atoms with E-state index in [0.717, 1.165) is 10.2 Å². The summed E-state index contributed by atoms with van der Waals surface area (Å²) in [7, 11) is 0. The fraction of sp³-hybridized carbons (Fsp3) is 0.273. The average Bonchev–Trinajstić information content (AvgIpc) is 2.28. The van der Waals surface area contributed by atoms with Crippen molar-refractivity contribution >= 4 is 33.5 Å². The second kappa shape index (κ2) is 4.75. The largest absolute Gasteiger partial charge is 0.480 e. The van der Waals surface area contributed by atoms with Crippen LogP contribution in [0.25, 0.3) is 0 Å². The highest BCUT2D eigenvalue weighted by atomic mass is 79.9. The summed E-state index contributed by atoms with van der Waals surface area (Å²) in [5, 5.41) is 11.4. The third kappa shape index (κ3) is 2.58. The lowest BCUT2D eigenvalue weighted by Crippen LogP contribution is -2.57. The Balaban J connectivity index is 2.24. The maximum Gasteiger partial charge on any atom is 0.328 e. The molecular formula is C11H11BrN2O3. The van der Waals surface area contributed by atoms with Crippen LogP contribution >= 0.6 is 15.9 Å². The summed E-state index contributed by atoms with van der Waals surface area (Å²) >= 11 is 3.39. The second-order valence-electron chi connectivity index (χ2n) is 3.79. The molecule has 90 valence electrons. The second-order valence-corrected chi connectivity index (χ2v) is 4.64. The van der Waals surface area contributed by atoms with Crippen molar-refractivity contribution in [1.29, 1.82) is 0 Å². The van der Waals surface area contributed by atoms with E-state index in [9.17, 15) is 9.59 Å². The number of carbonyl (C=O) groups excluding carboxylic acids is 1. The number of benzene rings is 1. The normalized spacial score (nSPS) is 19.9. The molecule has 2 rings (SSSR count). The zero-order chi connectivity index (χ0) is 12.4. The predicted octanol–water partition coefficient (Wildman–Crippen LogP) is 0.839. The van der Waals surface area contributed by atoms with Crippen molar-refractivity contribution < 1.29 is 14.7 Å². The first-order valence-corrected chi connectivity index (χ1v) is 5.89. The van der Waals surface area contributed by atoms with Crippen molar-refractivity contribution in [3.63, 3.8) is 0 Å². The van der Waals surface area contributed by atoms with Gasteiger partial charge < -0.3 is 15.3 Å². The van der Waals surface area contributed by atoms with Gasteiger partial charge in [-0.2, -0.15) is 0 Å². The quantitative estimate of drug-likeness (QED) is 0.849. The number of hydrogen-bond donors (Lipinski definition) is 2. The van der Waals surface area contributed by atoms with E-state index < -0.39 is 12.0 Å². The number of amides is 1. The van der Waals surface area contributed by atoms with Gasteiger partial charge in [-0.3, -0.25) is 4.79 Å². The standard InChI is InChI=1S/C11H11BrN2O3/c12-7-3-1-2-4-9(7)14-5-8(11(16)17)13-10(15)6-14/h1-4,8H,5-6H2,(H,13,15)(H,16,17). The number of carbonyl (C=O) groups is 2. The number of aliphatic carboxylic acids is 1. The summed E-state index contributed by atoms with van der Waals surface area (Å²) in [6.45, 7) is 0.441. The molecule has 5 nitrogen and oxygen atoms in total. The molecule has 6 heteroatoms. The Labute approximate surface area is 107 Å². The van der Waals surface area contributed by atoms with Crippen LogP contribution in [0.1, 0.15) is 0 Å². The highest BCUT2D eigenvalue weighted by Gasteiger charge is 2.30. The smallest absolute Gasteiger partial charge is 0.328 e. The third-order valence-electron chi connectivity index (χ3n) is 2.56. The molecule has 0 bridgehead atoms. The van der Waals surface area contributed by atoms with E-state index in [0.29, 0.717) is 0 Å². The molecule has 1 aromatic carbocycles. The Morgan fingerprint density at radius 2 is 2.18 bits per heavy atom. The van der Waals surface area contributed by atoms with Crippen molar-refractivity contribution in [2.45, 2.75) is 6.04 Å². The molecule has 0 aliphatic carbocycles. The molecule has 1 aromatic rings. The molecule has 1 unspecified atom stereocenters. The fourth-order valence-corrected chi connectivity index (χ4v) is 2.31. The first-order chi connectivity index (χ1) is 8.08. The molecule has 1 atom stereocenters. The number of para-hydroxylation sites is 1. The molecule has 0 saturated carbocycles. The monoisotopic (exact) mass is 298 g/mol. The summed E-state index contributed by atoms with van der Waals surface area (Å²) in [4.78, 5) is 24.1. The Hall–Kier alpha value is -1.56. The SMILES string of the molecule is O=C1CN(c2ccccc2Br)CC(C(=O)O)N1. The van der Waals surface area contributed by atoms with Crippen LogP contribution in [0.4, 0.5) is 5.69 Å². The van der Waals surface area contributed by atoms with Gasteiger partial charge in [-0.15, -0.1) is 0 Å². The Bertz CT molecular complexity index is 464. The first-order valence-electron chi connectivity index (χ1n) is 5.09. The number of nitrogens with one attached hydrogen (secondary N) is 1. The van der Waals surface area contributed by atoms with Crippen LogP contribution in [-0.2, 0) is 9.59 Å². The molecule has 1 aliphatic heterocycles. The van der Waals surface area contributed by atoms with Crippen molar-refractivity contribution in [1.82, 2.24) is 5.32 Å². The number of rotatable bonds is 2. The van der Waals surface area contributed by atoms with E-state index >= 15 is 0 Å². The molecule has 0 radical (unpaired) electrons. The number of hydrogen-bond acceptors (Lipinski definition) is 3. The maximum atomic E-state index is 11.4. The highest BCUT2D eigenvalue weighted by molar-refractivity contribution is 9.10. The topological polar surface area (TPSA) is 69.6 Å². The van der Waals surface area contributed by atoms with E-state index in [1.807, 2.05) is 24.3 Å². The van der Waals surface area contributed by atoms with Crippen molar-refractivity contribution in [3.05, 3.63) is 28.7 Å². The number of anilines is 1.